The summed E-state index contributed by atoms with van der Waals surface area (Å²) in [6.07, 6.45) is 2.69. The fourth-order valence-corrected chi connectivity index (χ4v) is 4.59. The van der Waals surface area contributed by atoms with Crippen LogP contribution in [-0.4, -0.2) is 17.9 Å². The number of fused-ring (bicyclic) bond motifs is 1. The van der Waals surface area contributed by atoms with Crippen molar-refractivity contribution in [1.82, 2.24) is 0 Å². The number of carbonyl (C=O) groups excluding carboxylic acids is 2. The van der Waals surface area contributed by atoms with Crippen LogP contribution in [0.1, 0.15) is 53.9 Å². The summed E-state index contributed by atoms with van der Waals surface area (Å²) in [7, 11) is 0. The second kappa shape index (κ2) is 5.87. The van der Waals surface area contributed by atoms with E-state index in [2.05, 4.69) is 27.7 Å². The van der Waals surface area contributed by atoms with Gasteiger partial charge in [-0.25, -0.2) is 0 Å². The summed E-state index contributed by atoms with van der Waals surface area (Å²) in [5.41, 5.74) is 0. The Balaban J connectivity index is 2.18. The molecule has 2 saturated carbocycles. The summed E-state index contributed by atoms with van der Waals surface area (Å²) in [6.45, 7) is 10.2. The molecule has 0 N–H and O–H groups in total. The third kappa shape index (κ3) is 2.91. The van der Waals surface area contributed by atoms with Crippen LogP contribution in [0, 0.1) is 35.5 Å². The molecule has 20 heavy (non-hydrogen) atoms. The van der Waals surface area contributed by atoms with Crippen LogP contribution in [0.15, 0.2) is 0 Å². The van der Waals surface area contributed by atoms with Gasteiger partial charge in [0, 0.05) is 19.3 Å². The standard InChI is InChI=1S/C17H28O3/c1-9(2)17-14-6-11(4)16(20-12(5)18)8-13(14)10(3)7-15(17)19/h9-11,13-14,16-17H,6-8H2,1-5H3/t10-,11?,13?,14?,16?,17+/m0/s1. The minimum absolute atomic E-state index is 0.0391. The van der Waals surface area contributed by atoms with Crippen molar-refractivity contribution >= 4 is 11.8 Å². The first-order valence-corrected chi connectivity index (χ1v) is 8.01. The summed E-state index contributed by atoms with van der Waals surface area (Å²) in [6, 6.07) is 0. The molecule has 0 amide bonds. The zero-order valence-corrected chi connectivity index (χ0v) is 13.4. The summed E-state index contributed by atoms with van der Waals surface area (Å²) >= 11 is 0. The van der Waals surface area contributed by atoms with Crippen molar-refractivity contribution in [3.05, 3.63) is 0 Å². The average molecular weight is 280 g/mol. The number of hydrogen-bond donors (Lipinski definition) is 0. The van der Waals surface area contributed by atoms with Crippen molar-refractivity contribution in [3.63, 3.8) is 0 Å². The Bertz CT molecular complexity index is 388. The van der Waals surface area contributed by atoms with Crippen molar-refractivity contribution < 1.29 is 14.3 Å². The maximum absolute atomic E-state index is 12.4. The third-order valence-corrected chi connectivity index (χ3v) is 5.46. The number of carbonyl (C=O) groups is 2. The van der Waals surface area contributed by atoms with Gasteiger partial charge in [0.05, 0.1) is 0 Å². The van der Waals surface area contributed by atoms with E-state index in [1.54, 1.807) is 0 Å². The van der Waals surface area contributed by atoms with Gasteiger partial charge in [-0.15, -0.1) is 0 Å². The van der Waals surface area contributed by atoms with Gasteiger partial charge in [0.2, 0.25) is 0 Å². The predicted molar refractivity (Wildman–Crippen MR) is 78.0 cm³/mol. The Morgan fingerprint density at radius 2 is 1.80 bits per heavy atom. The molecule has 2 fully saturated rings. The first-order valence-electron chi connectivity index (χ1n) is 8.01. The molecule has 0 aromatic rings. The third-order valence-electron chi connectivity index (χ3n) is 5.46. The largest absolute Gasteiger partial charge is 0.462 e. The molecule has 6 atom stereocenters. The highest BCUT2D eigenvalue weighted by molar-refractivity contribution is 5.82. The van der Waals surface area contributed by atoms with Gasteiger partial charge >= 0.3 is 5.97 Å². The molecule has 0 aliphatic heterocycles. The molecule has 3 nitrogen and oxygen atoms in total. The number of rotatable bonds is 2. The highest BCUT2D eigenvalue weighted by Gasteiger charge is 2.48. The van der Waals surface area contributed by atoms with E-state index in [0.29, 0.717) is 41.8 Å². The van der Waals surface area contributed by atoms with Crippen molar-refractivity contribution in [1.29, 1.82) is 0 Å². The lowest BCUT2D eigenvalue weighted by molar-refractivity contribution is -0.158. The first-order chi connectivity index (χ1) is 9.31. The van der Waals surface area contributed by atoms with Gasteiger partial charge in [-0.3, -0.25) is 9.59 Å². The van der Waals surface area contributed by atoms with E-state index in [4.69, 9.17) is 4.74 Å². The molecule has 0 heterocycles. The highest BCUT2D eigenvalue weighted by Crippen LogP contribution is 2.49. The fourth-order valence-electron chi connectivity index (χ4n) is 4.59. The van der Waals surface area contributed by atoms with Gasteiger partial charge in [-0.05, 0) is 42.4 Å². The first kappa shape index (κ1) is 15.5. The Morgan fingerprint density at radius 3 is 2.35 bits per heavy atom. The quantitative estimate of drug-likeness (QED) is 0.728. The van der Waals surface area contributed by atoms with Crippen LogP contribution in [-0.2, 0) is 14.3 Å². The maximum Gasteiger partial charge on any atom is 0.302 e. The molecule has 3 heteroatoms. The Kier molecular flexibility index (Phi) is 4.55. The van der Waals surface area contributed by atoms with Crippen LogP contribution in [0.4, 0.5) is 0 Å². The molecule has 0 spiro atoms. The van der Waals surface area contributed by atoms with E-state index in [1.165, 1.54) is 6.92 Å². The lowest BCUT2D eigenvalue weighted by atomic mass is 9.56. The second-order valence-corrected chi connectivity index (χ2v) is 7.34. The SMILES string of the molecule is CC(=O)OC1CC2C(CC1C)[C@@H](C(C)C)C(=O)C[C@@H]2C. The molecule has 0 radical (unpaired) electrons. The minimum atomic E-state index is -0.180. The number of esters is 1. The van der Waals surface area contributed by atoms with Gasteiger partial charge in [0.25, 0.3) is 0 Å². The van der Waals surface area contributed by atoms with E-state index in [9.17, 15) is 9.59 Å². The molecule has 2 rings (SSSR count). The van der Waals surface area contributed by atoms with E-state index in [-0.39, 0.29) is 18.0 Å². The maximum atomic E-state index is 12.4. The van der Waals surface area contributed by atoms with Crippen LogP contribution in [0.3, 0.4) is 0 Å². The molecule has 0 aromatic carbocycles. The Hall–Kier alpha value is -0.860. The van der Waals surface area contributed by atoms with E-state index >= 15 is 0 Å². The smallest absolute Gasteiger partial charge is 0.302 e. The van der Waals surface area contributed by atoms with Crippen molar-refractivity contribution in [2.24, 2.45) is 35.5 Å². The molecule has 0 saturated heterocycles. The Labute approximate surface area is 122 Å². The summed E-state index contributed by atoms with van der Waals surface area (Å²) in [5, 5.41) is 0. The van der Waals surface area contributed by atoms with E-state index < -0.39 is 0 Å². The van der Waals surface area contributed by atoms with Crippen LogP contribution in [0.2, 0.25) is 0 Å². The molecule has 0 aromatic heterocycles. The average Bonchev–Trinajstić information content (AvgIpc) is 2.30. The van der Waals surface area contributed by atoms with Crippen LogP contribution in [0.5, 0.6) is 0 Å². The summed E-state index contributed by atoms with van der Waals surface area (Å²) in [4.78, 5) is 23.6. The van der Waals surface area contributed by atoms with Gasteiger partial charge in [-0.1, -0.05) is 27.7 Å². The number of ketones is 1. The zero-order chi connectivity index (χ0) is 15.0. The number of ether oxygens (including phenoxy) is 1. The fraction of sp³-hybridized carbons (Fsp3) is 0.882. The van der Waals surface area contributed by atoms with E-state index in [0.717, 1.165) is 12.8 Å². The van der Waals surface area contributed by atoms with Crippen molar-refractivity contribution in [2.75, 3.05) is 0 Å². The van der Waals surface area contributed by atoms with Crippen molar-refractivity contribution in [2.45, 2.75) is 60.0 Å². The number of hydrogen-bond acceptors (Lipinski definition) is 3. The predicted octanol–water partition coefficient (Wildman–Crippen LogP) is 3.46. The molecular formula is C17H28O3. The zero-order valence-electron chi connectivity index (χ0n) is 13.4. The molecule has 2 aliphatic carbocycles. The van der Waals surface area contributed by atoms with Crippen LogP contribution < -0.4 is 0 Å². The van der Waals surface area contributed by atoms with Gasteiger partial charge in [-0.2, -0.15) is 0 Å². The molecular weight excluding hydrogens is 252 g/mol. The molecule has 4 unspecified atom stereocenters. The monoisotopic (exact) mass is 280 g/mol. The number of Topliss-reactive ketones (excluding diaryl/α,β-unsaturated/α-hetero) is 1. The van der Waals surface area contributed by atoms with Gasteiger partial charge in [0.15, 0.2) is 0 Å². The Morgan fingerprint density at radius 1 is 1.15 bits per heavy atom. The lowest BCUT2D eigenvalue weighted by Crippen LogP contribution is -2.48. The van der Waals surface area contributed by atoms with Gasteiger partial charge < -0.3 is 4.74 Å². The summed E-state index contributed by atoms with van der Waals surface area (Å²) < 4.78 is 5.50. The van der Waals surface area contributed by atoms with Crippen molar-refractivity contribution in [3.8, 4) is 0 Å². The lowest BCUT2D eigenvalue weighted by Gasteiger charge is -2.49. The molecule has 114 valence electrons. The van der Waals surface area contributed by atoms with Gasteiger partial charge in [0.1, 0.15) is 11.9 Å². The van der Waals surface area contributed by atoms with Crippen LogP contribution in [0.25, 0.3) is 0 Å². The molecule has 2 aliphatic rings. The van der Waals surface area contributed by atoms with E-state index in [1.807, 2.05) is 0 Å². The topological polar surface area (TPSA) is 43.4 Å². The normalized spacial score (nSPS) is 41.4. The summed E-state index contributed by atoms with van der Waals surface area (Å²) in [5.74, 6) is 2.69. The molecule has 0 bridgehead atoms. The highest BCUT2D eigenvalue weighted by atomic mass is 16.5. The second-order valence-electron chi connectivity index (χ2n) is 7.34. The van der Waals surface area contributed by atoms with Crippen LogP contribution >= 0.6 is 0 Å². The minimum Gasteiger partial charge on any atom is -0.462 e.